The Balaban J connectivity index is 2.13. The summed E-state index contributed by atoms with van der Waals surface area (Å²) in [6.45, 7) is 3.87. The molecule has 2 aromatic rings. The lowest BCUT2D eigenvalue weighted by Crippen LogP contribution is -2.30. The molecule has 4 heteroatoms. The maximum atomic E-state index is 12.1. The molecule has 0 spiro atoms. The van der Waals surface area contributed by atoms with E-state index < -0.39 is 0 Å². The van der Waals surface area contributed by atoms with Crippen LogP contribution in [-0.4, -0.2) is 17.6 Å². The number of hydrogen-bond acceptors (Lipinski definition) is 3. The van der Waals surface area contributed by atoms with Gasteiger partial charge >= 0.3 is 0 Å². The molecule has 3 nitrogen and oxygen atoms in total. The maximum Gasteiger partial charge on any atom is 0.261 e. The van der Waals surface area contributed by atoms with Gasteiger partial charge in [-0.2, -0.15) is 0 Å². The van der Waals surface area contributed by atoms with Gasteiger partial charge in [-0.15, -0.1) is 11.3 Å². The molecule has 0 unspecified atom stereocenters. The summed E-state index contributed by atoms with van der Waals surface area (Å²) in [7, 11) is 0. The number of hydrogen-bond donors (Lipinski definition) is 2. The van der Waals surface area contributed by atoms with E-state index in [1.165, 1.54) is 11.3 Å². The number of amides is 1. The zero-order chi connectivity index (χ0) is 13.8. The van der Waals surface area contributed by atoms with E-state index in [-0.39, 0.29) is 18.6 Å². The van der Waals surface area contributed by atoms with Crippen LogP contribution in [0.15, 0.2) is 36.4 Å². The molecule has 100 valence electrons. The highest BCUT2D eigenvalue weighted by Gasteiger charge is 2.16. The topological polar surface area (TPSA) is 49.3 Å². The van der Waals surface area contributed by atoms with Crippen molar-refractivity contribution in [2.75, 3.05) is 6.61 Å². The van der Waals surface area contributed by atoms with Crippen molar-refractivity contribution < 1.29 is 9.90 Å². The van der Waals surface area contributed by atoms with E-state index in [0.717, 1.165) is 16.0 Å². The molecular weight excluding hydrogens is 258 g/mol. The maximum absolute atomic E-state index is 12.1. The van der Waals surface area contributed by atoms with Crippen molar-refractivity contribution in [2.24, 2.45) is 0 Å². The van der Waals surface area contributed by atoms with Crippen molar-refractivity contribution in [3.05, 3.63) is 57.3 Å². The van der Waals surface area contributed by atoms with Crippen LogP contribution < -0.4 is 5.32 Å². The number of carbonyl (C=O) groups excluding carboxylic acids is 1. The van der Waals surface area contributed by atoms with Gasteiger partial charge in [0.25, 0.3) is 5.91 Å². The van der Waals surface area contributed by atoms with Crippen molar-refractivity contribution in [1.29, 1.82) is 0 Å². The third kappa shape index (κ3) is 3.22. The van der Waals surface area contributed by atoms with E-state index in [1.807, 2.05) is 50.2 Å². The average Bonchev–Trinajstić information content (AvgIpc) is 2.77. The van der Waals surface area contributed by atoms with Crippen LogP contribution >= 0.6 is 11.3 Å². The smallest absolute Gasteiger partial charge is 0.261 e. The van der Waals surface area contributed by atoms with Crippen molar-refractivity contribution in [1.82, 2.24) is 5.32 Å². The summed E-state index contributed by atoms with van der Waals surface area (Å²) in [5.41, 5.74) is 2.03. The third-order valence-corrected chi connectivity index (χ3v) is 4.23. The van der Waals surface area contributed by atoms with Crippen molar-refractivity contribution in [3.8, 4) is 0 Å². The van der Waals surface area contributed by atoms with E-state index in [4.69, 9.17) is 0 Å². The first-order valence-electron chi connectivity index (χ1n) is 6.15. The van der Waals surface area contributed by atoms with Gasteiger partial charge in [0.15, 0.2) is 0 Å². The molecule has 0 radical (unpaired) electrons. The number of carbonyl (C=O) groups is 1. The lowest BCUT2D eigenvalue weighted by atomic mass is 10.1. The molecule has 1 aromatic heterocycles. The molecule has 1 aromatic carbocycles. The fourth-order valence-corrected chi connectivity index (χ4v) is 2.77. The standard InChI is InChI=1S/C15H17NO2S/c1-10-8-14(19-11(10)2)15(18)16-13(9-17)12-6-4-3-5-7-12/h3-8,13,17H,9H2,1-2H3,(H,16,18)/t13-/m0/s1. The van der Waals surface area contributed by atoms with Crippen LogP contribution in [0.4, 0.5) is 0 Å². The average molecular weight is 275 g/mol. The highest BCUT2D eigenvalue weighted by molar-refractivity contribution is 7.14. The Morgan fingerprint density at radius 1 is 1.32 bits per heavy atom. The minimum Gasteiger partial charge on any atom is -0.394 e. The summed E-state index contributed by atoms with van der Waals surface area (Å²) in [4.78, 5) is 14.0. The van der Waals surface area contributed by atoms with Crippen LogP contribution in [0.1, 0.15) is 31.7 Å². The fourth-order valence-electron chi connectivity index (χ4n) is 1.83. The van der Waals surface area contributed by atoms with E-state index in [1.54, 1.807) is 0 Å². The van der Waals surface area contributed by atoms with E-state index >= 15 is 0 Å². The van der Waals surface area contributed by atoms with Crippen molar-refractivity contribution in [2.45, 2.75) is 19.9 Å². The van der Waals surface area contributed by atoms with E-state index in [0.29, 0.717) is 4.88 Å². The second kappa shape index (κ2) is 5.99. The monoisotopic (exact) mass is 275 g/mol. The lowest BCUT2D eigenvalue weighted by molar-refractivity contribution is 0.0920. The zero-order valence-electron chi connectivity index (χ0n) is 11.0. The minimum atomic E-state index is -0.364. The molecule has 2 N–H and O–H groups in total. The first-order valence-corrected chi connectivity index (χ1v) is 6.97. The first kappa shape index (κ1) is 13.8. The Morgan fingerprint density at radius 3 is 2.53 bits per heavy atom. The van der Waals surface area contributed by atoms with Gasteiger partial charge in [-0.1, -0.05) is 30.3 Å². The van der Waals surface area contributed by atoms with Gasteiger partial charge in [0.05, 0.1) is 17.5 Å². The Kier molecular flexibility index (Phi) is 4.35. The molecule has 0 aliphatic heterocycles. The fraction of sp³-hybridized carbons (Fsp3) is 0.267. The predicted molar refractivity (Wildman–Crippen MR) is 77.5 cm³/mol. The van der Waals surface area contributed by atoms with Gasteiger partial charge < -0.3 is 10.4 Å². The Labute approximate surface area is 116 Å². The number of thiophene rings is 1. The molecule has 1 heterocycles. The minimum absolute atomic E-state index is 0.112. The van der Waals surface area contributed by atoms with Crippen molar-refractivity contribution in [3.63, 3.8) is 0 Å². The number of nitrogens with one attached hydrogen (secondary N) is 1. The number of benzene rings is 1. The van der Waals surface area contributed by atoms with Gasteiger partial charge in [-0.05, 0) is 31.0 Å². The number of rotatable bonds is 4. The normalized spacial score (nSPS) is 12.2. The zero-order valence-corrected chi connectivity index (χ0v) is 11.8. The van der Waals surface area contributed by atoms with Crippen LogP contribution in [-0.2, 0) is 0 Å². The number of aliphatic hydroxyl groups excluding tert-OH is 1. The molecule has 19 heavy (non-hydrogen) atoms. The predicted octanol–water partition coefficient (Wildman–Crippen LogP) is 2.83. The number of aliphatic hydroxyl groups is 1. The van der Waals surface area contributed by atoms with Crippen LogP contribution in [0.5, 0.6) is 0 Å². The summed E-state index contributed by atoms with van der Waals surface area (Å²) in [5, 5.41) is 12.3. The van der Waals surface area contributed by atoms with Gasteiger partial charge in [-0.25, -0.2) is 0 Å². The molecule has 1 amide bonds. The summed E-state index contributed by atoms with van der Waals surface area (Å²) in [5.74, 6) is -0.135. The molecule has 0 saturated heterocycles. The summed E-state index contributed by atoms with van der Waals surface area (Å²) in [6, 6.07) is 11.0. The van der Waals surface area contributed by atoms with Gasteiger partial charge in [0.2, 0.25) is 0 Å². The molecule has 0 aliphatic carbocycles. The highest BCUT2D eigenvalue weighted by atomic mass is 32.1. The molecule has 0 fully saturated rings. The molecule has 0 aliphatic rings. The van der Waals surface area contributed by atoms with Gasteiger partial charge in [-0.3, -0.25) is 4.79 Å². The van der Waals surface area contributed by atoms with Crippen LogP contribution in [0.25, 0.3) is 0 Å². The quantitative estimate of drug-likeness (QED) is 0.901. The SMILES string of the molecule is Cc1cc(C(=O)N[C@@H](CO)c2ccccc2)sc1C. The Hall–Kier alpha value is -1.65. The second-order valence-electron chi connectivity index (χ2n) is 4.47. The molecule has 0 bridgehead atoms. The molecule has 0 saturated carbocycles. The molecule has 1 atom stereocenters. The van der Waals surface area contributed by atoms with Gasteiger partial charge in [0, 0.05) is 4.88 Å². The van der Waals surface area contributed by atoms with Crippen molar-refractivity contribution >= 4 is 17.2 Å². The second-order valence-corrected chi connectivity index (χ2v) is 5.73. The highest BCUT2D eigenvalue weighted by Crippen LogP contribution is 2.21. The summed E-state index contributed by atoms with van der Waals surface area (Å²) < 4.78 is 0. The summed E-state index contributed by atoms with van der Waals surface area (Å²) >= 11 is 1.48. The van der Waals surface area contributed by atoms with Crippen LogP contribution in [0.3, 0.4) is 0 Å². The summed E-state index contributed by atoms with van der Waals surface area (Å²) in [6.07, 6.45) is 0. The first-order chi connectivity index (χ1) is 9.11. The lowest BCUT2D eigenvalue weighted by Gasteiger charge is -2.16. The van der Waals surface area contributed by atoms with E-state index in [2.05, 4.69) is 5.32 Å². The third-order valence-electron chi connectivity index (χ3n) is 3.08. The van der Waals surface area contributed by atoms with Crippen LogP contribution in [0, 0.1) is 13.8 Å². The Morgan fingerprint density at radius 2 is 2.00 bits per heavy atom. The molecule has 2 rings (SSSR count). The number of aryl methyl sites for hydroxylation is 2. The largest absolute Gasteiger partial charge is 0.394 e. The molecular formula is C15H17NO2S. The van der Waals surface area contributed by atoms with Crippen LogP contribution in [0.2, 0.25) is 0 Å². The van der Waals surface area contributed by atoms with E-state index in [9.17, 15) is 9.90 Å². The Bertz CT molecular complexity index is 543. The van der Waals surface area contributed by atoms with Gasteiger partial charge in [0.1, 0.15) is 0 Å².